The third-order valence-electron chi connectivity index (χ3n) is 4.83. The second-order valence-corrected chi connectivity index (χ2v) is 7.95. The highest BCUT2D eigenvalue weighted by Gasteiger charge is 2.40. The van der Waals surface area contributed by atoms with E-state index in [0.717, 1.165) is 19.3 Å². The standard InChI is InChI=1S/C18H24BrN3O3/c1-12(2)10-14-11-25-18(24)22(14)13-6-8-21(9-7-13)17(23)15-4-3-5-16(19)20-15/h3-5,12-14H,6-11H2,1-2H3. The van der Waals surface area contributed by atoms with Crippen LogP contribution in [-0.2, 0) is 4.74 Å². The van der Waals surface area contributed by atoms with Gasteiger partial charge in [0.25, 0.3) is 5.91 Å². The van der Waals surface area contributed by atoms with Crippen LogP contribution in [0.15, 0.2) is 22.8 Å². The quantitative estimate of drug-likeness (QED) is 0.715. The number of ether oxygens (including phenoxy) is 1. The Morgan fingerprint density at radius 2 is 2.08 bits per heavy atom. The van der Waals surface area contributed by atoms with Crippen molar-refractivity contribution >= 4 is 27.9 Å². The Kier molecular flexibility index (Phi) is 5.61. The van der Waals surface area contributed by atoms with Gasteiger partial charge in [0, 0.05) is 19.1 Å². The van der Waals surface area contributed by atoms with E-state index in [-0.39, 0.29) is 24.1 Å². The number of hydrogen-bond donors (Lipinski definition) is 0. The number of nitrogens with zero attached hydrogens (tertiary/aromatic N) is 3. The summed E-state index contributed by atoms with van der Waals surface area (Å²) in [5.74, 6) is 0.466. The van der Waals surface area contributed by atoms with Crippen molar-refractivity contribution in [1.82, 2.24) is 14.8 Å². The SMILES string of the molecule is CC(C)CC1COC(=O)N1C1CCN(C(=O)c2cccc(Br)n2)CC1. The van der Waals surface area contributed by atoms with Crippen molar-refractivity contribution in [2.24, 2.45) is 5.92 Å². The van der Waals surface area contributed by atoms with Crippen LogP contribution in [0.3, 0.4) is 0 Å². The van der Waals surface area contributed by atoms with Gasteiger partial charge in [-0.05, 0) is 53.2 Å². The minimum Gasteiger partial charge on any atom is -0.447 e. The van der Waals surface area contributed by atoms with Gasteiger partial charge in [0.15, 0.2) is 0 Å². The maximum absolute atomic E-state index is 12.6. The molecule has 1 unspecified atom stereocenters. The lowest BCUT2D eigenvalue weighted by Gasteiger charge is -2.38. The van der Waals surface area contributed by atoms with E-state index in [1.807, 2.05) is 15.9 Å². The van der Waals surface area contributed by atoms with Crippen LogP contribution in [0.4, 0.5) is 4.79 Å². The largest absolute Gasteiger partial charge is 0.447 e. The van der Waals surface area contributed by atoms with Gasteiger partial charge in [-0.3, -0.25) is 9.69 Å². The zero-order valence-corrected chi connectivity index (χ0v) is 16.2. The lowest BCUT2D eigenvalue weighted by molar-refractivity contribution is 0.0624. The number of likely N-dealkylation sites (tertiary alicyclic amines) is 1. The molecule has 0 bridgehead atoms. The molecular weight excluding hydrogens is 386 g/mol. The number of aromatic nitrogens is 1. The first-order valence-electron chi connectivity index (χ1n) is 8.82. The molecule has 1 atom stereocenters. The number of halogens is 1. The van der Waals surface area contributed by atoms with Crippen molar-refractivity contribution in [2.45, 2.75) is 45.2 Å². The first-order chi connectivity index (χ1) is 12.0. The Hall–Kier alpha value is -1.63. The van der Waals surface area contributed by atoms with Crippen molar-refractivity contribution in [2.75, 3.05) is 19.7 Å². The lowest BCUT2D eigenvalue weighted by Crippen LogP contribution is -2.50. The molecule has 3 rings (SSSR count). The molecule has 2 fully saturated rings. The molecule has 7 heteroatoms. The molecule has 2 amide bonds. The first-order valence-corrected chi connectivity index (χ1v) is 9.62. The molecule has 0 aromatic carbocycles. The summed E-state index contributed by atoms with van der Waals surface area (Å²) in [5, 5.41) is 0. The van der Waals surface area contributed by atoms with E-state index in [9.17, 15) is 9.59 Å². The molecule has 25 heavy (non-hydrogen) atoms. The summed E-state index contributed by atoms with van der Waals surface area (Å²) < 4.78 is 5.94. The molecular formula is C18H24BrN3O3. The van der Waals surface area contributed by atoms with Gasteiger partial charge < -0.3 is 9.64 Å². The normalized spacial score (nSPS) is 21.8. The van der Waals surface area contributed by atoms with Crippen molar-refractivity contribution in [3.05, 3.63) is 28.5 Å². The van der Waals surface area contributed by atoms with E-state index in [4.69, 9.17) is 4.74 Å². The molecule has 6 nitrogen and oxygen atoms in total. The molecule has 0 N–H and O–H groups in total. The van der Waals surface area contributed by atoms with Gasteiger partial charge in [0.2, 0.25) is 0 Å². The van der Waals surface area contributed by atoms with Crippen LogP contribution in [0, 0.1) is 5.92 Å². The number of carbonyl (C=O) groups is 2. The summed E-state index contributed by atoms with van der Waals surface area (Å²) in [6.07, 6.45) is 2.31. The summed E-state index contributed by atoms with van der Waals surface area (Å²) in [7, 11) is 0. The van der Waals surface area contributed by atoms with Crippen molar-refractivity contribution in [1.29, 1.82) is 0 Å². The summed E-state index contributed by atoms with van der Waals surface area (Å²) in [5.41, 5.74) is 0.450. The Labute approximate surface area is 156 Å². The van der Waals surface area contributed by atoms with Crippen LogP contribution < -0.4 is 0 Å². The smallest absolute Gasteiger partial charge is 0.410 e. The molecule has 2 aliphatic heterocycles. The van der Waals surface area contributed by atoms with Gasteiger partial charge in [0.1, 0.15) is 16.9 Å². The van der Waals surface area contributed by atoms with Crippen LogP contribution in [0.25, 0.3) is 0 Å². The maximum Gasteiger partial charge on any atom is 0.410 e. The number of pyridine rings is 1. The van der Waals surface area contributed by atoms with Gasteiger partial charge in [-0.2, -0.15) is 0 Å². The first kappa shape index (κ1) is 18.2. The molecule has 1 aromatic heterocycles. The predicted molar refractivity (Wildman–Crippen MR) is 97.3 cm³/mol. The highest BCUT2D eigenvalue weighted by molar-refractivity contribution is 9.10. The fourth-order valence-corrected chi connectivity index (χ4v) is 4.02. The summed E-state index contributed by atoms with van der Waals surface area (Å²) in [6, 6.07) is 5.66. The Balaban J connectivity index is 1.61. The third-order valence-corrected chi connectivity index (χ3v) is 5.27. The number of piperidine rings is 1. The number of cyclic esters (lactones) is 1. The zero-order chi connectivity index (χ0) is 18.0. The van der Waals surface area contributed by atoms with Gasteiger partial charge in [-0.1, -0.05) is 19.9 Å². The van der Waals surface area contributed by atoms with Crippen LogP contribution in [0.5, 0.6) is 0 Å². The molecule has 0 saturated carbocycles. The predicted octanol–water partition coefficient (Wildman–Crippen LogP) is 3.32. The number of carbonyl (C=O) groups excluding carboxylic acids is 2. The van der Waals surface area contributed by atoms with Gasteiger partial charge in [-0.15, -0.1) is 0 Å². The van der Waals surface area contributed by atoms with Crippen molar-refractivity contribution < 1.29 is 14.3 Å². The molecule has 3 heterocycles. The molecule has 1 aromatic rings. The summed E-state index contributed by atoms with van der Waals surface area (Å²) in [6.45, 7) is 6.07. The fourth-order valence-electron chi connectivity index (χ4n) is 3.68. The van der Waals surface area contributed by atoms with Gasteiger partial charge in [0.05, 0.1) is 6.04 Å². The lowest BCUT2D eigenvalue weighted by atomic mass is 9.98. The van der Waals surface area contributed by atoms with Crippen LogP contribution in [0.2, 0.25) is 0 Å². The highest BCUT2D eigenvalue weighted by atomic mass is 79.9. The Morgan fingerprint density at radius 1 is 1.36 bits per heavy atom. The third kappa shape index (κ3) is 4.14. The summed E-state index contributed by atoms with van der Waals surface area (Å²) >= 11 is 3.30. The highest BCUT2D eigenvalue weighted by Crippen LogP contribution is 2.27. The Morgan fingerprint density at radius 3 is 2.72 bits per heavy atom. The molecule has 0 spiro atoms. The number of hydrogen-bond acceptors (Lipinski definition) is 4. The van der Waals surface area contributed by atoms with E-state index in [1.165, 1.54) is 0 Å². The van der Waals surface area contributed by atoms with E-state index < -0.39 is 0 Å². The Bertz CT molecular complexity index is 644. The molecule has 136 valence electrons. The van der Waals surface area contributed by atoms with Crippen molar-refractivity contribution in [3.63, 3.8) is 0 Å². The van der Waals surface area contributed by atoms with Crippen LogP contribution in [-0.4, -0.2) is 58.6 Å². The van der Waals surface area contributed by atoms with Crippen LogP contribution in [0.1, 0.15) is 43.6 Å². The minimum atomic E-state index is -0.205. The van der Waals surface area contributed by atoms with E-state index in [2.05, 4.69) is 34.8 Å². The zero-order valence-electron chi connectivity index (χ0n) is 14.7. The molecule has 2 saturated heterocycles. The number of rotatable bonds is 4. The monoisotopic (exact) mass is 409 g/mol. The molecule has 0 radical (unpaired) electrons. The maximum atomic E-state index is 12.6. The van der Waals surface area contributed by atoms with Gasteiger partial charge in [-0.25, -0.2) is 9.78 Å². The van der Waals surface area contributed by atoms with E-state index in [0.29, 0.717) is 35.9 Å². The van der Waals surface area contributed by atoms with Crippen LogP contribution >= 0.6 is 15.9 Å². The minimum absolute atomic E-state index is 0.0533. The second kappa shape index (κ2) is 7.72. The molecule has 0 aliphatic carbocycles. The number of amides is 2. The fraction of sp³-hybridized carbons (Fsp3) is 0.611. The average Bonchev–Trinajstić information content (AvgIpc) is 2.94. The van der Waals surface area contributed by atoms with E-state index in [1.54, 1.807) is 12.1 Å². The second-order valence-electron chi connectivity index (χ2n) is 7.14. The van der Waals surface area contributed by atoms with Crippen molar-refractivity contribution in [3.8, 4) is 0 Å². The summed E-state index contributed by atoms with van der Waals surface area (Å²) in [4.78, 5) is 32.7. The topological polar surface area (TPSA) is 62.7 Å². The molecule has 2 aliphatic rings. The van der Waals surface area contributed by atoms with E-state index >= 15 is 0 Å². The average molecular weight is 410 g/mol. The van der Waals surface area contributed by atoms with Gasteiger partial charge >= 0.3 is 6.09 Å².